The minimum atomic E-state index is -0.660. The lowest BCUT2D eigenvalue weighted by Crippen LogP contribution is -2.46. The number of imide groups is 1. The molecule has 1 atom stereocenters. The first-order valence-electron chi connectivity index (χ1n) is 6.95. The highest BCUT2D eigenvalue weighted by Crippen LogP contribution is 2.33. The zero-order valence-corrected chi connectivity index (χ0v) is 12.9. The maximum absolute atomic E-state index is 12.5. The Morgan fingerprint density at radius 3 is 2.86 bits per heavy atom. The Morgan fingerprint density at radius 1 is 1.45 bits per heavy atom. The van der Waals surface area contributed by atoms with Crippen LogP contribution in [-0.4, -0.2) is 35.6 Å². The van der Waals surface area contributed by atoms with E-state index in [9.17, 15) is 19.2 Å². The lowest BCUT2D eigenvalue weighted by Gasteiger charge is -2.26. The van der Waals surface area contributed by atoms with E-state index in [2.05, 4.69) is 10.6 Å². The van der Waals surface area contributed by atoms with Gasteiger partial charge in [-0.15, -0.1) is 11.3 Å². The number of carbonyl (C=O) groups excluding carboxylic acids is 4. The number of nitrogens with one attached hydrogen (secondary N) is 2. The van der Waals surface area contributed by atoms with Gasteiger partial charge in [-0.1, -0.05) is 13.3 Å². The molecule has 0 saturated carbocycles. The molecule has 7 nitrogen and oxygen atoms in total. The van der Waals surface area contributed by atoms with E-state index in [0.717, 1.165) is 10.4 Å². The van der Waals surface area contributed by atoms with Crippen LogP contribution in [0.5, 0.6) is 0 Å². The number of thiophene rings is 1. The molecule has 22 heavy (non-hydrogen) atoms. The fourth-order valence-corrected chi connectivity index (χ4v) is 3.55. The molecule has 0 radical (unpaired) electrons. The second kappa shape index (κ2) is 7.17. The maximum Gasteiger partial charge on any atom is 0.256 e. The fourth-order valence-electron chi connectivity index (χ4n) is 2.56. The Hall–Kier alpha value is -2.22. The van der Waals surface area contributed by atoms with Gasteiger partial charge in [-0.05, 0) is 12.0 Å². The summed E-state index contributed by atoms with van der Waals surface area (Å²) in [5, 5.41) is 6.46. The monoisotopic (exact) mass is 323 g/mol. The van der Waals surface area contributed by atoms with E-state index in [0.29, 0.717) is 44.3 Å². The molecule has 2 rings (SSSR count). The summed E-state index contributed by atoms with van der Waals surface area (Å²) < 4.78 is 0. The highest BCUT2D eigenvalue weighted by molar-refractivity contribution is 7.10. The van der Waals surface area contributed by atoms with E-state index in [1.165, 1.54) is 16.2 Å². The zero-order valence-electron chi connectivity index (χ0n) is 12.1. The molecule has 8 heteroatoms. The van der Waals surface area contributed by atoms with E-state index in [-0.39, 0.29) is 5.91 Å². The molecule has 4 amide bonds. The number of amides is 4. The van der Waals surface area contributed by atoms with Crippen LogP contribution in [0.4, 0.5) is 0 Å². The van der Waals surface area contributed by atoms with E-state index in [1.54, 1.807) is 5.38 Å². The number of carbonyl (C=O) groups is 4. The molecule has 2 N–H and O–H groups in total. The number of rotatable bonds is 8. The van der Waals surface area contributed by atoms with Gasteiger partial charge in [0.1, 0.15) is 6.04 Å². The number of nitrogens with zero attached hydrogens (tertiary/aromatic N) is 1. The Balaban J connectivity index is 2.21. The summed E-state index contributed by atoms with van der Waals surface area (Å²) in [6.07, 6.45) is 2.15. The Bertz CT molecular complexity index is 599. The number of hydrogen-bond donors (Lipinski definition) is 2. The predicted octanol–water partition coefficient (Wildman–Crippen LogP) is 0.391. The van der Waals surface area contributed by atoms with Crippen molar-refractivity contribution in [3.63, 3.8) is 0 Å². The van der Waals surface area contributed by atoms with Crippen molar-refractivity contribution in [1.29, 1.82) is 0 Å². The molecule has 0 spiro atoms. The van der Waals surface area contributed by atoms with E-state index < -0.39 is 11.9 Å². The molecule has 0 saturated heterocycles. The van der Waals surface area contributed by atoms with Crippen LogP contribution in [-0.2, 0) is 27.5 Å². The van der Waals surface area contributed by atoms with Crippen molar-refractivity contribution < 1.29 is 19.2 Å². The van der Waals surface area contributed by atoms with Gasteiger partial charge in [0.15, 0.2) is 0 Å². The van der Waals surface area contributed by atoms with Crippen LogP contribution in [0.25, 0.3) is 0 Å². The van der Waals surface area contributed by atoms with Gasteiger partial charge in [0.05, 0.1) is 12.1 Å². The molecule has 0 bridgehead atoms. The van der Waals surface area contributed by atoms with Crippen molar-refractivity contribution in [2.24, 2.45) is 0 Å². The first-order chi connectivity index (χ1) is 10.6. The second-order valence-corrected chi connectivity index (χ2v) is 5.88. The summed E-state index contributed by atoms with van der Waals surface area (Å²) >= 11 is 1.42. The molecular formula is C14H17N3O4S. The van der Waals surface area contributed by atoms with E-state index in [4.69, 9.17) is 0 Å². The molecule has 2 heterocycles. The van der Waals surface area contributed by atoms with Crippen LogP contribution in [0.15, 0.2) is 5.38 Å². The molecule has 1 aliphatic heterocycles. The van der Waals surface area contributed by atoms with Gasteiger partial charge in [0.2, 0.25) is 18.7 Å². The van der Waals surface area contributed by atoms with Crippen molar-refractivity contribution >= 4 is 36.0 Å². The smallest absolute Gasteiger partial charge is 0.256 e. The number of fused-ring (bicyclic) bond motifs is 1. The molecule has 0 aromatic carbocycles. The summed E-state index contributed by atoms with van der Waals surface area (Å²) in [5.74, 6) is -0.672. The largest absolute Gasteiger partial charge is 0.354 e. The Kier molecular flexibility index (Phi) is 5.26. The summed E-state index contributed by atoms with van der Waals surface area (Å²) in [7, 11) is 0. The topological polar surface area (TPSA) is 95.6 Å². The van der Waals surface area contributed by atoms with Crippen LogP contribution in [0, 0.1) is 0 Å². The molecule has 1 unspecified atom stereocenters. The van der Waals surface area contributed by atoms with Gasteiger partial charge in [0.25, 0.3) is 5.91 Å². The minimum absolute atomic E-state index is 0.205. The predicted molar refractivity (Wildman–Crippen MR) is 80.0 cm³/mol. The molecule has 1 aliphatic rings. The van der Waals surface area contributed by atoms with Gasteiger partial charge in [-0.3, -0.25) is 24.5 Å². The van der Waals surface area contributed by atoms with Gasteiger partial charge in [0, 0.05) is 16.8 Å². The van der Waals surface area contributed by atoms with Crippen molar-refractivity contribution in [1.82, 2.24) is 15.5 Å². The van der Waals surface area contributed by atoms with E-state index in [1.807, 2.05) is 6.92 Å². The quantitative estimate of drug-likeness (QED) is 0.677. The molecule has 0 fully saturated rings. The first kappa shape index (κ1) is 16.2. The summed E-state index contributed by atoms with van der Waals surface area (Å²) in [5.41, 5.74) is 1.43. The average molecular weight is 323 g/mol. The standard InChI is InChI=1S/C14H17N3O4S/c1-2-3-11(13(20)16-8-19)17-5-9-10(14(17)21)6-22-12(9)4-15-7-18/h6-8,11H,2-5H2,1H3,(H,15,18)(H,16,19,20). The molecule has 1 aromatic rings. The maximum atomic E-state index is 12.5. The lowest BCUT2D eigenvalue weighted by atomic mass is 10.1. The molecule has 118 valence electrons. The zero-order chi connectivity index (χ0) is 16.1. The highest BCUT2D eigenvalue weighted by atomic mass is 32.1. The van der Waals surface area contributed by atoms with Crippen LogP contribution in [0.1, 0.15) is 40.6 Å². The normalized spacial score (nSPS) is 14.4. The highest BCUT2D eigenvalue weighted by Gasteiger charge is 2.37. The van der Waals surface area contributed by atoms with Gasteiger partial charge >= 0.3 is 0 Å². The van der Waals surface area contributed by atoms with Crippen molar-refractivity contribution in [3.05, 3.63) is 21.4 Å². The third-order valence-corrected chi connectivity index (χ3v) is 4.62. The molecule has 1 aromatic heterocycles. The first-order valence-corrected chi connectivity index (χ1v) is 7.83. The average Bonchev–Trinajstić information content (AvgIpc) is 3.04. The van der Waals surface area contributed by atoms with Gasteiger partial charge in [-0.25, -0.2) is 0 Å². The van der Waals surface area contributed by atoms with Crippen LogP contribution < -0.4 is 10.6 Å². The second-order valence-electron chi connectivity index (χ2n) is 4.91. The van der Waals surface area contributed by atoms with Gasteiger partial charge in [-0.2, -0.15) is 0 Å². The van der Waals surface area contributed by atoms with Gasteiger partial charge < -0.3 is 10.2 Å². The summed E-state index contributed by atoms with van der Waals surface area (Å²) in [4.78, 5) is 47.8. The Labute approximate surface area is 131 Å². The molecular weight excluding hydrogens is 306 g/mol. The number of hydrogen-bond acceptors (Lipinski definition) is 5. The molecule has 0 aliphatic carbocycles. The fraction of sp³-hybridized carbons (Fsp3) is 0.429. The third-order valence-electron chi connectivity index (χ3n) is 3.59. The summed E-state index contributed by atoms with van der Waals surface area (Å²) in [6, 6.07) is -0.660. The van der Waals surface area contributed by atoms with Crippen molar-refractivity contribution in [2.75, 3.05) is 0 Å². The lowest BCUT2D eigenvalue weighted by molar-refractivity contribution is -0.129. The van der Waals surface area contributed by atoms with Crippen LogP contribution in [0.2, 0.25) is 0 Å². The summed E-state index contributed by atoms with van der Waals surface area (Å²) in [6.45, 7) is 2.60. The Morgan fingerprint density at radius 2 is 2.23 bits per heavy atom. The van der Waals surface area contributed by atoms with Crippen LogP contribution >= 0.6 is 11.3 Å². The van der Waals surface area contributed by atoms with Crippen molar-refractivity contribution in [2.45, 2.75) is 38.9 Å². The van der Waals surface area contributed by atoms with Crippen LogP contribution in [0.3, 0.4) is 0 Å². The van der Waals surface area contributed by atoms with Crippen molar-refractivity contribution in [3.8, 4) is 0 Å². The SMILES string of the molecule is CCCC(C(=O)NC=O)N1Cc2c(csc2CNC=O)C1=O. The third kappa shape index (κ3) is 3.01. The minimum Gasteiger partial charge on any atom is -0.354 e. The van der Waals surface area contributed by atoms with E-state index >= 15 is 0 Å².